The third-order valence-corrected chi connectivity index (χ3v) is 4.40. The van der Waals surface area contributed by atoms with E-state index >= 15 is 0 Å². The predicted octanol–water partition coefficient (Wildman–Crippen LogP) is 2.29. The van der Waals surface area contributed by atoms with Gasteiger partial charge in [-0.2, -0.15) is 0 Å². The van der Waals surface area contributed by atoms with Crippen LogP contribution in [0.5, 0.6) is 0 Å². The molecule has 1 aliphatic carbocycles. The Hall–Kier alpha value is -0.355. The lowest BCUT2D eigenvalue weighted by atomic mass is 9.82. The molecule has 3 atom stereocenters. The molecule has 2 radical (unpaired) electrons. The third-order valence-electron chi connectivity index (χ3n) is 3.54. The second-order valence-corrected chi connectivity index (χ2v) is 5.48. The number of benzene rings is 1. The largest absolute Gasteiger partial charge is 0.234 e. The molecule has 15 heavy (non-hydrogen) atoms. The van der Waals surface area contributed by atoms with Gasteiger partial charge in [0.2, 0.25) is 0 Å². The fourth-order valence-corrected chi connectivity index (χ4v) is 3.02. The van der Waals surface area contributed by atoms with Crippen molar-refractivity contribution < 1.29 is 4.39 Å². The van der Waals surface area contributed by atoms with Gasteiger partial charge in [0.15, 0.2) is 5.41 Å². The first kappa shape index (κ1) is 11.1. The molecule has 0 saturated carbocycles. The molecule has 0 nitrogen and oxygen atoms in total. The van der Waals surface area contributed by atoms with E-state index in [-0.39, 0.29) is 5.92 Å². The van der Waals surface area contributed by atoms with E-state index in [1.165, 1.54) is 0 Å². The highest BCUT2D eigenvalue weighted by molar-refractivity contribution is 7.18. The van der Waals surface area contributed by atoms with Crippen molar-refractivity contribution in [3.05, 3.63) is 28.3 Å². The van der Waals surface area contributed by atoms with E-state index < -0.39 is 5.41 Å². The molecule has 2 rings (SSSR count). The Bertz CT molecular complexity index is 426. The van der Waals surface area contributed by atoms with Crippen LogP contribution in [0, 0.1) is 19.8 Å². The molecule has 0 fully saturated rings. The fourth-order valence-electron chi connectivity index (χ4n) is 2.50. The van der Waals surface area contributed by atoms with Crippen LogP contribution in [-0.4, -0.2) is 7.85 Å². The van der Waals surface area contributed by atoms with Gasteiger partial charge in [0.05, 0.1) is 0 Å². The topological polar surface area (TPSA) is 0 Å². The minimum absolute atomic E-state index is 0.0115. The number of halogens is 1. The van der Waals surface area contributed by atoms with Crippen LogP contribution in [-0.2, 0) is 11.8 Å². The van der Waals surface area contributed by atoms with E-state index in [0.717, 1.165) is 34.1 Å². The maximum Gasteiger partial charge on any atom is 0.151 e. The Morgan fingerprint density at radius 3 is 2.73 bits per heavy atom. The van der Waals surface area contributed by atoms with Gasteiger partial charge in [-0.15, -0.1) is 0 Å². The van der Waals surface area contributed by atoms with Gasteiger partial charge < -0.3 is 0 Å². The Labute approximate surface area is 94.3 Å². The standard InChI is InChI=1S/C12H15BFP/c1-6-4-9-5-7(2)12(14,15)10(9)8(3)11(6)13/h4,7H,5,15H2,1-3H3. The molecule has 0 bridgehead atoms. The van der Waals surface area contributed by atoms with Crippen LogP contribution in [0.4, 0.5) is 4.39 Å². The molecular formula is C12H15BFP. The van der Waals surface area contributed by atoms with Crippen LogP contribution in [0.15, 0.2) is 6.07 Å². The monoisotopic (exact) mass is 220 g/mol. The van der Waals surface area contributed by atoms with Crippen LogP contribution in [0.1, 0.15) is 29.2 Å². The first-order valence-electron chi connectivity index (χ1n) is 5.22. The van der Waals surface area contributed by atoms with Crippen LogP contribution in [0.2, 0.25) is 0 Å². The summed E-state index contributed by atoms with van der Waals surface area (Å²) in [6, 6.07) is 2.03. The second kappa shape index (κ2) is 3.32. The summed E-state index contributed by atoms with van der Waals surface area (Å²) in [4.78, 5) is 0. The Balaban J connectivity index is 2.72. The number of fused-ring (bicyclic) bond motifs is 1. The van der Waals surface area contributed by atoms with Crippen molar-refractivity contribution in [1.29, 1.82) is 0 Å². The summed E-state index contributed by atoms with van der Waals surface area (Å²) in [7, 11) is 8.29. The molecule has 1 aromatic rings. The minimum atomic E-state index is -1.30. The summed E-state index contributed by atoms with van der Waals surface area (Å²) in [6.45, 7) is 5.84. The molecule has 0 aliphatic heterocycles. The highest BCUT2D eigenvalue weighted by atomic mass is 31.0. The molecule has 0 spiro atoms. The van der Waals surface area contributed by atoms with Crippen molar-refractivity contribution in [2.75, 3.05) is 0 Å². The maximum atomic E-state index is 14.5. The zero-order chi connectivity index (χ0) is 11.4. The summed E-state index contributed by atoms with van der Waals surface area (Å²) in [5.74, 6) is 0.0115. The molecular weight excluding hydrogens is 205 g/mol. The average molecular weight is 220 g/mol. The molecule has 0 N–H and O–H groups in total. The Morgan fingerprint density at radius 1 is 1.53 bits per heavy atom. The second-order valence-electron chi connectivity index (χ2n) is 4.64. The normalized spacial score (nSPS) is 29.3. The fraction of sp³-hybridized carbons (Fsp3) is 0.500. The summed E-state index contributed by atoms with van der Waals surface area (Å²) in [5, 5.41) is -1.30. The van der Waals surface area contributed by atoms with E-state index in [4.69, 9.17) is 7.85 Å². The summed E-state index contributed by atoms with van der Waals surface area (Å²) in [6.07, 6.45) is 0.803. The van der Waals surface area contributed by atoms with Crippen molar-refractivity contribution in [3.63, 3.8) is 0 Å². The highest BCUT2D eigenvalue weighted by Gasteiger charge is 2.42. The molecule has 1 aromatic carbocycles. The van der Waals surface area contributed by atoms with Gasteiger partial charge in [-0.1, -0.05) is 38.8 Å². The smallest absolute Gasteiger partial charge is 0.151 e. The average Bonchev–Trinajstić information content (AvgIpc) is 2.34. The van der Waals surface area contributed by atoms with Crippen LogP contribution in [0.25, 0.3) is 0 Å². The van der Waals surface area contributed by atoms with E-state index in [9.17, 15) is 4.39 Å². The molecule has 0 amide bonds. The van der Waals surface area contributed by atoms with Gasteiger partial charge >= 0.3 is 0 Å². The van der Waals surface area contributed by atoms with Gasteiger partial charge in [-0.05, 0) is 31.4 Å². The SMILES string of the molecule is [B]c1c(C)cc2c(c1C)C(F)(P)C(C)C2. The first-order chi connectivity index (χ1) is 6.85. The number of hydrogen-bond acceptors (Lipinski definition) is 0. The van der Waals surface area contributed by atoms with Crippen molar-refractivity contribution >= 4 is 22.5 Å². The quantitative estimate of drug-likeness (QED) is 0.464. The highest BCUT2D eigenvalue weighted by Crippen LogP contribution is 2.50. The van der Waals surface area contributed by atoms with E-state index in [1.54, 1.807) is 0 Å². The molecule has 0 aromatic heterocycles. The first-order valence-corrected chi connectivity index (χ1v) is 5.80. The van der Waals surface area contributed by atoms with Crippen molar-refractivity contribution in [3.8, 4) is 0 Å². The molecule has 1 aliphatic rings. The van der Waals surface area contributed by atoms with Gasteiger partial charge in [0, 0.05) is 5.92 Å². The molecule has 3 heteroatoms. The predicted molar refractivity (Wildman–Crippen MR) is 66.7 cm³/mol. The zero-order valence-corrected chi connectivity index (χ0v) is 10.5. The van der Waals surface area contributed by atoms with Crippen LogP contribution in [0.3, 0.4) is 0 Å². The molecule has 0 saturated heterocycles. The summed E-state index contributed by atoms with van der Waals surface area (Å²) >= 11 is 0. The molecule has 78 valence electrons. The lowest BCUT2D eigenvalue weighted by Crippen LogP contribution is -2.21. The zero-order valence-electron chi connectivity index (χ0n) is 9.39. The van der Waals surface area contributed by atoms with Gasteiger partial charge in [0.1, 0.15) is 7.85 Å². The number of aryl methyl sites for hydroxylation is 1. The molecule has 0 heterocycles. The van der Waals surface area contributed by atoms with Crippen molar-refractivity contribution in [2.45, 2.75) is 32.6 Å². The minimum Gasteiger partial charge on any atom is -0.234 e. The Kier molecular flexibility index (Phi) is 2.46. The third kappa shape index (κ3) is 1.46. The van der Waals surface area contributed by atoms with Gasteiger partial charge in [-0.25, -0.2) is 4.39 Å². The lowest BCUT2D eigenvalue weighted by molar-refractivity contribution is 0.221. The van der Waals surface area contributed by atoms with Crippen molar-refractivity contribution in [2.24, 2.45) is 5.92 Å². The van der Waals surface area contributed by atoms with Crippen molar-refractivity contribution in [1.82, 2.24) is 0 Å². The summed E-state index contributed by atoms with van der Waals surface area (Å²) in [5.41, 5.74) is 4.60. The van der Waals surface area contributed by atoms with Gasteiger partial charge in [-0.3, -0.25) is 0 Å². The summed E-state index contributed by atoms with van der Waals surface area (Å²) < 4.78 is 14.5. The lowest BCUT2D eigenvalue weighted by Gasteiger charge is -2.23. The van der Waals surface area contributed by atoms with E-state index in [0.29, 0.717) is 0 Å². The number of hydrogen-bond donors (Lipinski definition) is 0. The molecule has 3 unspecified atom stereocenters. The van der Waals surface area contributed by atoms with Crippen LogP contribution < -0.4 is 5.46 Å². The number of rotatable bonds is 0. The van der Waals surface area contributed by atoms with Gasteiger partial charge in [0.25, 0.3) is 0 Å². The van der Waals surface area contributed by atoms with Crippen LogP contribution >= 0.6 is 9.24 Å². The maximum absolute atomic E-state index is 14.5. The number of alkyl halides is 1. The van der Waals surface area contributed by atoms with E-state index in [1.807, 2.05) is 26.8 Å². The Morgan fingerprint density at radius 2 is 2.13 bits per heavy atom. The van der Waals surface area contributed by atoms with E-state index in [2.05, 4.69) is 9.24 Å².